The fourth-order valence-electron chi connectivity index (χ4n) is 3.22. The van der Waals surface area contributed by atoms with Crippen molar-refractivity contribution >= 4 is 5.70 Å². The number of aromatic nitrogens is 3. The maximum atomic E-state index is 6.17. The topological polar surface area (TPSA) is 52.0 Å². The number of ether oxygens (including phenoxy) is 1. The SMILES string of the molecule is C=C(NCc1ccncc1)c1cccc(Oc2ccnc(C#CCn3cccc3)c2)c1C. The highest BCUT2D eigenvalue weighted by Crippen LogP contribution is 2.29. The van der Waals surface area contributed by atoms with E-state index >= 15 is 0 Å². The van der Waals surface area contributed by atoms with Gasteiger partial charge in [-0.3, -0.25) is 4.98 Å². The molecule has 0 radical (unpaired) electrons. The predicted octanol–water partition coefficient (Wildman–Crippen LogP) is 5.19. The van der Waals surface area contributed by atoms with Gasteiger partial charge in [0.1, 0.15) is 17.2 Å². The van der Waals surface area contributed by atoms with E-state index in [1.165, 1.54) is 0 Å². The Balaban J connectivity index is 1.44. The maximum Gasteiger partial charge on any atom is 0.131 e. The number of rotatable bonds is 7. The summed E-state index contributed by atoms with van der Waals surface area (Å²) in [5, 5.41) is 3.38. The van der Waals surface area contributed by atoms with Crippen LogP contribution in [0.25, 0.3) is 5.70 Å². The van der Waals surface area contributed by atoms with E-state index < -0.39 is 0 Å². The van der Waals surface area contributed by atoms with Gasteiger partial charge in [0.15, 0.2) is 0 Å². The Hall–Kier alpha value is -4.30. The van der Waals surface area contributed by atoms with Crippen LogP contribution < -0.4 is 10.1 Å². The second-order valence-corrected chi connectivity index (χ2v) is 7.25. The van der Waals surface area contributed by atoms with E-state index in [1.807, 2.05) is 78.5 Å². The summed E-state index contributed by atoms with van der Waals surface area (Å²) >= 11 is 0. The summed E-state index contributed by atoms with van der Waals surface area (Å²) in [6, 6.07) is 17.6. The first kappa shape index (κ1) is 21.0. The third-order valence-electron chi connectivity index (χ3n) is 4.97. The average molecular weight is 421 g/mol. The van der Waals surface area contributed by atoms with E-state index in [1.54, 1.807) is 18.6 Å². The fourth-order valence-corrected chi connectivity index (χ4v) is 3.22. The van der Waals surface area contributed by atoms with Crippen molar-refractivity contribution in [2.45, 2.75) is 20.0 Å². The molecule has 1 N–H and O–H groups in total. The van der Waals surface area contributed by atoms with Crippen LogP contribution in [0.1, 0.15) is 22.4 Å². The van der Waals surface area contributed by atoms with E-state index in [0.29, 0.717) is 24.5 Å². The van der Waals surface area contributed by atoms with Crippen LogP contribution in [0.4, 0.5) is 0 Å². The Kier molecular flexibility index (Phi) is 6.64. The number of hydrogen-bond acceptors (Lipinski definition) is 4. The third kappa shape index (κ3) is 5.44. The second-order valence-electron chi connectivity index (χ2n) is 7.25. The molecule has 0 aliphatic heterocycles. The first-order chi connectivity index (χ1) is 15.7. The Bertz CT molecular complexity index is 1250. The summed E-state index contributed by atoms with van der Waals surface area (Å²) in [4.78, 5) is 8.38. The Morgan fingerprint density at radius 2 is 1.88 bits per heavy atom. The zero-order chi connectivity index (χ0) is 22.2. The van der Waals surface area contributed by atoms with Crippen LogP contribution in [0.2, 0.25) is 0 Å². The van der Waals surface area contributed by atoms with Gasteiger partial charge in [-0.2, -0.15) is 0 Å². The minimum atomic E-state index is 0.621. The zero-order valence-corrected chi connectivity index (χ0v) is 18.0. The molecule has 0 fully saturated rings. The summed E-state index contributed by atoms with van der Waals surface area (Å²) in [6.45, 7) is 7.54. The highest BCUT2D eigenvalue weighted by molar-refractivity contribution is 5.67. The lowest BCUT2D eigenvalue weighted by Crippen LogP contribution is -2.12. The molecule has 0 saturated carbocycles. The van der Waals surface area contributed by atoms with Crippen molar-refractivity contribution in [1.29, 1.82) is 0 Å². The van der Waals surface area contributed by atoms with Crippen molar-refractivity contribution in [2.75, 3.05) is 0 Å². The Morgan fingerprint density at radius 3 is 2.69 bits per heavy atom. The molecule has 0 amide bonds. The lowest BCUT2D eigenvalue weighted by atomic mass is 10.1. The van der Waals surface area contributed by atoms with Crippen LogP contribution in [0.5, 0.6) is 11.5 Å². The highest BCUT2D eigenvalue weighted by atomic mass is 16.5. The van der Waals surface area contributed by atoms with Gasteiger partial charge in [0, 0.05) is 60.4 Å². The van der Waals surface area contributed by atoms with Gasteiger partial charge in [0.2, 0.25) is 0 Å². The highest BCUT2D eigenvalue weighted by Gasteiger charge is 2.09. The molecule has 5 heteroatoms. The van der Waals surface area contributed by atoms with Gasteiger partial charge in [-0.1, -0.05) is 24.6 Å². The van der Waals surface area contributed by atoms with Gasteiger partial charge < -0.3 is 14.6 Å². The van der Waals surface area contributed by atoms with E-state index in [-0.39, 0.29) is 0 Å². The zero-order valence-electron chi connectivity index (χ0n) is 18.0. The number of nitrogens with one attached hydrogen (secondary N) is 1. The monoisotopic (exact) mass is 420 g/mol. The molecule has 0 bridgehead atoms. The Labute approximate surface area is 188 Å². The molecule has 32 heavy (non-hydrogen) atoms. The number of benzene rings is 1. The van der Waals surface area contributed by atoms with Crippen molar-refractivity contribution in [1.82, 2.24) is 19.9 Å². The lowest BCUT2D eigenvalue weighted by molar-refractivity contribution is 0.477. The maximum absolute atomic E-state index is 6.17. The van der Waals surface area contributed by atoms with Crippen molar-refractivity contribution in [2.24, 2.45) is 0 Å². The molecule has 0 unspecified atom stereocenters. The molecule has 4 rings (SSSR count). The van der Waals surface area contributed by atoms with Crippen LogP contribution in [-0.2, 0) is 13.1 Å². The molecule has 158 valence electrons. The van der Waals surface area contributed by atoms with Gasteiger partial charge >= 0.3 is 0 Å². The summed E-state index contributed by atoms with van der Waals surface area (Å²) in [5.41, 5.74) is 4.69. The second kappa shape index (κ2) is 10.1. The molecular weight excluding hydrogens is 396 g/mol. The molecule has 3 aromatic heterocycles. The van der Waals surface area contributed by atoms with Gasteiger partial charge in [0.05, 0.1) is 6.54 Å². The molecule has 1 aromatic carbocycles. The van der Waals surface area contributed by atoms with E-state index in [9.17, 15) is 0 Å². The first-order valence-electron chi connectivity index (χ1n) is 10.3. The van der Waals surface area contributed by atoms with E-state index in [4.69, 9.17) is 4.74 Å². The molecule has 0 atom stereocenters. The molecule has 5 nitrogen and oxygen atoms in total. The van der Waals surface area contributed by atoms with E-state index in [2.05, 4.69) is 33.7 Å². The number of hydrogen-bond donors (Lipinski definition) is 1. The summed E-state index contributed by atoms with van der Waals surface area (Å²) in [7, 11) is 0. The van der Waals surface area contributed by atoms with Crippen molar-refractivity contribution in [3.8, 4) is 23.3 Å². The van der Waals surface area contributed by atoms with Crippen molar-refractivity contribution < 1.29 is 4.74 Å². The van der Waals surface area contributed by atoms with Crippen molar-refractivity contribution in [3.05, 3.63) is 115 Å². The number of nitrogens with zero attached hydrogens (tertiary/aromatic N) is 3. The first-order valence-corrected chi connectivity index (χ1v) is 10.3. The standard InChI is InChI=1S/C27H24N4O/c1-21-26(22(2)30-20-23-10-13-28-14-11-23)8-5-9-27(21)32-25-12-15-29-24(19-25)7-6-18-31-16-3-4-17-31/h3-5,8-17,19,30H,2,18,20H2,1H3. The minimum Gasteiger partial charge on any atom is -0.457 e. The van der Waals surface area contributed by atoms with Crippen LogP contribution >= 0.6 is 0 Å². The number of pyridine rings is 2. The Morgan fingerprint density at radius 1 is 1.06 bits per heavy atom. The predicted molar refractivity (Wildman–Crippen MR) is 127 cm³/mol. The largest absolute Gasteiger partial charge is 0.457 e. The summed E-state index contributed by atoms with van der Waals surface area (Å²) < 4.78 is 8.18. The van der Waals surface area contributed by atoms with E-state index in [0.717, 1.165) is 28.1 Å². The van der Waals surface area contributed by atoms with Gasteiger partial charge in [-0.25, -0.2) is 4.98 Å². The van der Waals surface area contributed by atoms with Gasteiger partial charge in [-0.05, 0) is 54.8 Å². The van der Waals surface area contributed by atoms with Crippen LogP contribution in [-0.4, -0.2) is 14.5 Å². The molecule has 0 saturated heterocycles. The molecule has 0 aliphatic carbocycles. The summed E-state index contributed by atoms with van der Waals surface area (Å²) in [6.07, 6.45) is 9.25. The van der Waals surface area contributed by atoms with Crippen molar-refractivity contribution in [3.63, 3.8) is 0 Å². The summed E-state index contributed by atoms with van der Waals surface area (Å²) in [5.74, 6) is 7.69. The lowest BCUT2D eigenvalue weighted by Gasteiger charge is -2.15. The van der Waals surface area contributed by atoms with Gasteiger partial charge in [0.25, 0.3) is 0 Å². The third-order valence-corrected chi connectivity index (χ3v) is 4.97. The normalized spacial score (nSPS) is 10.2. The average Bonchev–Trinajstić information content (AvgIpc) is 3.33. The van der Waals surface area contributed by atoms with Crippen LogP contribution in [0, 0.1) is 18.8 Å². The quantitative estimate of drug-likeness (QED) is 0.418. The smallest absolute Gasteiger partial charge is 0.131 e. The fraction of sp³-hybridized carbons (Fsp3) is 0.111. The van der Waals surface area contributed by atoms with Gasteiger partial charge in [-0.15, -0.1) is 0 Å². The molecule has 3 heterocycles. The van der Waals surface area contributed by atoms with Crippen LogP contribution in [0.15, 0.2) is 92.2 Å². The minimum absolute atomic E-state index is 0.621. The molecule has 0 spiro atoms. The molecule has 0 aliphatic rings. The van der Waals surface area contributed by atoms with Crippen LogP contribution in [0.3, 0.4) is 0 Å². The molecular formula is C27H24N4O. The molecule has 4 aromatic rings.